The number of aliphatic hydroxyl groups excluding tert-OH is 1. The highest BCUT2D eigenvalue weighted by Crippen LogP contribution is 2.36. The van der Waals surface area contributed by atoms with Gasteiger partial charge in [0.25, 0.3) is 0 Å². The summed E-state index contributed by atoms with van der Waals surface area (Å²) in [6, 6.07) is 4.85. The van der Waals surface area contributed by atoms with E-state index >= 15 is 0 Å². The maximum absolute atomic E-state index is 11.1. The maximum Gasteiger partial charge on any atom is 0.311 e. The number of nitro benzene ring substituents is 1. The fraction of sp³-hybridized carbons (Fsp3) is 0.467. The molecule has 0 radical (unpaired) electrons. The molecule has 1 aromatic rings. The number of aliphatic hydroxyl groups is 1. The summed E-state index contributed by atoms with van der Waals surface area (Å²) in [5.74, 6) is 0.558. The largest absolute Gasteiger partial charge is 0.490 e. The van der Waals surface area contributed by atoms with Gasteiger partial charge in [-0.2, -0.15) is 0 Å². The van der Waals surface area contributed by atoms with Gasteiger partial charge >= 0.3 is 5.69 Å². The zero-order chi connectivity index (χ0) is 15.0. The highest BCUT2D eigenvalue weighted by atomic mass is 16.6. The van der Waals surface area contributed by atoms with Gasteiger partial charge < -0.3 is 14.7 Å². The van der Waals surface area contributed by atoms with Crippen molar-refractivity contribution in [3.05, 3.63) is 39.6 Å². The molecule has 3 heterocycles. The second-order valence-corrected chi connectivity index (χ2v) is 5.53. The molecule has 0 unspecified atom stereocenters. The van der Waals surface area contributed by atoms with Gasteiger partial charge in [-0.05, 0) is 36.5 Å². The summed E-state index contributed by atoms with van der Waals surface area (Å²) >= 11 is 0. The molecule has 0 aliphatic carbocycles. The first kappa shape index (κ1) is 13.9. The van der Waals surface area contributed by atoms with Crippen LogP contribution in [-0.4, -0.2) is 41.2 Å². The quantitative estimate of drug-likeness (QED) is 0.681. The molecule has 21 heavy (non-hydrogen) atoms. The van der Waals surface area contributed by atoms with E-state index in [-0.39, 0.29) is 11.4 Å². The number of benzene rings is 1. The van der Waals surface area contributed by atoms with Gasteiger partial charge in [0.15, 0.2) is 5.75 Å². The summed E-state index contributed by atoms with van der Waals surface area (Å²) in [6.07, 6.45) is 3.42. The zero-order valence-corrected chi connectivity index (χ0v) is 11.9. The molecule has 112 valence electrons. The van der Waals surface area contributed by atoms with Gasteiger partial charge in [0, 0.05) is 24.9 Å². The van der Waals surface area contributed by atoms with Crippen LogP contribution in [0, 0.1) is 16.0 Å². The number of nitro groups is 1. The Kier molecular flexibility index (Phi) is 3.55. The smallest absolute Gasteiger partial charge is 0.311 e. The van der Waals surface area contributed by atoms with Gasteiger partial charge in [0.05, 0.1) is 18.1 Å². The fourth-order valence-corrected chi connectivity index (χ4v) is 3.19. The molecule has 0 saturated carbocycles. The molecule has 4 rings (SSSR count). The average molecular weight is 290 g/mol. The van der Waals surface area contributed by atoms with Crippen LogP contribution in [0.5, 0.6) is 5.75 Å². The third-order valence-corrected chi connectivity index (χ3v) is 4.37. The topological polar surface area (TPSA) is 75.8 Å². The molecule has 0 spiro atoms. The molecule has 6 nitrogen and oxygen atoms in total. The Bertz CT molecular complexity index is 587. The standard InChI is InChI=1S/C15H18N2O4/c1-21-14-3-2-10(8-12(14)17(19)20)9-13-15(18)11-4-6-16(13)7-5-11/h2-3,8-9,11,15,18H,4-7H2,1H3/b13-9-/t15-/m1/s1. The fourth-order valence-electron chi connectivity index (χ4n) is 3.19. The van der Waals surface area contributed by atoms with E-state index in [1.807, 2.05) is 6.08 Å². The predicted molar refractivity (Wildman–Crippen MR) is 77.9 cm³/mol. The van der Waals surface area contributed by atoms with Crippen molar-refractivity contribution in [2.45, 2.75) is 18.9 Å². The van der Waals surface area contributed by atoms with Gasteiger partial charge in [-0.25, -0.2) is 0 Å². The van der Waals surface area contributed by atoms with E-state index in [4.69, 9.17) is 4.74 Å². The van der Waals surface area contributed by atoms with Gasteiger partial charge in [0.2, 0.25) is 0 Å². The Labute approximate surface area is 122 Å². The number of methoxy groups -OCH3 is 1. The van der Waals surface area contributed by atoms with Crippen molar-refractivity contribution in [2.75, 3.05) is 20.2 Å². The molecular weight excluding hydrogens is 272 g/mol. The van der Waals surface area contributed by atoms with Crippen molar-refractivity contribution >= 4 is 11.8 Å². The maximum atomic E-state index is 11.1. The van der Waals surface area contributed by atoms with Gasteiger partial charge in [0.1, 0.15) is 0 Å². The molecule has 1 N–H and O–H groups in total. The molecule has 0 aromatic heterocycles. The van der Waals surface area contributed by atoms with Crippen LogP contribution in [0.2, 0.25) is 0 Å². The van der Waals surface area contributed by atoms with Crippen molar-refractivity contribution < 1.29 is 14.8 Å². The average Bonchev–Trinajstić information content (AvgIpc) is 2.51. The number of ether oxygens (including phenoxy) is 1. The second kappa shape index (κ2) is 5.37. The first-order valence-corrected chi connectivity index (χ1v) is 7.07. The number of rotatable bonds is 3. The molecule has 3 saturated heterocycles. The summed E-state index contributed by atoms with van der Waals surface area (Å²) in [7, 11) is 1.41. The van der Waals surface area contributed by atoms with Gasteiger partial charge in [-0.15, -0.1) is 0 Å². The highest BCUT2D eigenvalue weighted by molar-refractivity contribution is 5.61. The molecule has 1 atom stereocenters. The van der Waals surface area contributed by atoms with Crippen molar-refractivity contribution in [1.82, 2.24) is 4.90 Å². The monoisotopic (exact) mass is 290 g/mol. The lowest BCUT2D eigenvalue weighted by Crippen LogP contribution is -2.48. The summed E-state index contributed by atoms with van der Waals surface area (Å²) in [4.78, 5) is 12.8. The Hall–Kier alpha value is -2.08. The zero-order valence-electron chi connectivity index (χ0n) is 11.9. The summed E-state index contributed by atoms with van der Waals surface area (Å²) < 4.78 is 5.00. The molecule has 3 fully saturated rings. The molecular formula is C15H18N2O4. The summed E-state index contributed by atoms with van der Waals surface area (Å²) in [5, 5.41) is 21.4. The number of nitrogens with zero attached hydrogens (tertiary/aromatic N) is 2. The van der Waals surface area contributed by atoms with Crippen LogP contribution < -0.4 is 4.74 Å². The van der Waals surface area contributed by atoms with E-state index in [0.717, 1.165) is 31.6 Å². The molecule has 3 aliphatic heterocycles. The number of hydrogen-bond donors (Lipinski definition) is 1. The summed E-state index contributed by atoms with van der Waals surface area (Å²) in [5.41, 5.74) is 1.53. The van der Waals surface area contributed by atoms with Crippen LogP contribution in [-0.2, 0) is 0 Å². The lowest BCUT2D eigenvalue weighted by Gasteiger charge is -2.45. The SMILES string of the molecule is COc1ccc(/C=C2/[C@H](O)C3CCN2CC3)cc1[N+](=O)[O-]. The van der Waals surface area contributed by atoms with Crippen LogP contribution in [0.4, 0.5) is 5.69 Å². The second-order valence-electron chi connectivity index (χ2n) is 5.53. The van der Waals surface area contributed by atoms with Crippen LogP contribution >= 0.6 is 0 Å². The first-order chi connectivity index (χ1) is 10.1. The van der Waals surface area contributed by atoms with E-state index in [1.54, 1.807) is 12.1 Å². The van der Waals surface area contributed by atoms with Crippen molar-refractivity contribution in [3.8, 4) is 5.75 Å². The third kappa shape index (κ3) is 2.47. The van der Waals surface area contributed by atoms with E-state index in [9.17, 15) is 15.2 Å². The molecule has 1 aromatic carbocycles. The van der Waals surface area contributed by atoms with Crippen LogP contribution in [0.1, 0.15) is 18.4 Å². The number of piperidine rings is 3. The normalized spacial score (nSPS) is 26.2. The molecule has 2 bridgehead atoms. The minimum Gasteiger partial charge on any atom is -0.490 e. The molecule has 6 heteroatoms. The minimum atomic E-state index is -0.464. The Balaban J connectivity index is 1.96. The van der Waals surface area contributed by atoms with Crippen LogP contribution in [0.3, 0.4) is 0 Å². The van der Waals surface area contributed by atoms with E-state index in [2.05, 4.69) is 4.90 Å². The Morgan fingerprint density at radius 3 is 2.71 bits per heavy atom. The van der Waals surface area contributed by atoms with Crippen LogP contribution in [0.15, 0.2) is 23.9 Å². The third-order valence-electron chi connectivity index (χ3n) is 4.37. The number of hydrogen-bond acceptors (Lipinski definition) is 5. The Morgan fingerprint density at radius 1 is 1.43 bits per heavy atom. The highest BCUT2D eigenvalue weighted by Gasteiger charge is 2.36. The molecule has 3 aliphatic rings. The van der Waals surface area contributed by atoms with Crippen molar-refractivity contribution in [3.63, 3.8) is 0 Å². The van der Waals surface area contributed by atoms with Gasteiger partial charge in [-0.1, -0.05) is 6.07 Å². The van der Waals surface area contributed by atoms with E-state index < -0.39 is 11.0 Å². The summed E-state index contributed by atoms with van der Waals surface area (Å²) in [6.45, 7) is 1.90. The predicted octanol–water partition coefficient (Wildman–Crippen LogP) is 2.03. The first-order valence-electron chi connectivity index (χ1n) is 7.07. The van der Waals surface area contributed by atoms with Crippen molar-refractivity contribution in [1.29, 1.82) is 0 Å². The van der Waals surface area contributed by atoms with Crippen molar-refractivity contribution in [2.24, 2.45) is 5.92 Å². The Morgan fingerprint density at radius 2 is 2.14 bits per heavy atom. The lowest BCUT2D eigenvalue weighted by molar-refractivity contribution is -0.385. The lowest BCUT2D eigenvalue weighted by atomic mass is 9.83. The van der Waals surface area contributed by atoms with Gasteiger partial charge in [-0.3, -0.25) is 10.1 Å². The molecule has 0 amide bonds. The number of fused-ring (bicyclic) bond motifs is 3. The van der Waals surface area contributed by atoms with E-state index in [0.29, 0.717) is 11.5 Å². The van der Waals surface area contributed by atoms with E-state index in [1.165, 1.54) is 13.2 Å². The minimum absolute atomic E-state index is 0.0580. The van der Waals surface area contributed by atoms with Crippen LogP contribution in [0.25, 0.3) is 6.08 Å².